The molecule has 1 N–H and O–H groups in total. The molecule has 2 heterocycles. The monoisotopic (exact) mass is 405 g/mol. The zero-order chi connectivity index (χ0) is 20.9. The summed E-state index contributed by atoms with van der Waals surface area (Å²) < 4.78 is 0. The molecule has 3 amide bonds. The van der Waals surface area contributed by atoms with Crippen LogP contribution >= 0.6 is 0 Å². The molecule has 0 aliphatic carbocycles. The molecule has 156 valence electrons. The molecule has 1 fully saturated rings. The third kappa shape index (κ3) is 4.53. The Bertz CT molecular complexity index is 931. The van der Waals surface area contributed by atoms with E-state index in [0.717, 1.165) is 24.3 Å². The number of nitrogens with one attached hydrogen (secondary N) is 1. The van der Waals surface area contributed by atoms with E-state index in [0.29, 0.717) is 5.56 Å². The van der Waals surface area contributed by atoms with Crippen molar-refractivity contribution in [1.82, 2.24) is 4.90 Å². The number of anilines is 2. The summed E-state index contributed by atoms with van der Waals surface area (Å²) in [6.45, 7) is 2.24. The van der Waals surface area contributed by atoms with Crippen LogP contribution in [-0.2, 0) is 16.0 Å². The Morgan fingerprint density at radius 1 is 0.900 bits per heavy atom. The third-order valence-corrected chi connectivity index (χ3v) is 5.82. The molecule has 4 rings (SSSR count). The molecule has 30 heavy (non-hydrogen) atoms. The van der Waals surface area contributed by atoms with E-state index in [1.165, 1.54) is 36.3 Å². The number of hydrogen-bond acceptors (Lipinski definition) is 4. The fraction of sp³-hybridized carbons (Fsp3) is 0.375. The van der Waals surface area contributed by atoms with E-state index in [2.05, 4.69) is 10.2 Å². The summed E-state index contributed by atoms with van der Waals surface area (Å²) in [7, 11) is 0. The summed E-state index contributed by atoms with van der Waals surface area (Å²) in [5.41, 5.74) is 3.19. The molecule has 0 spiro atoms. The van der Waals surface area contributed by atoms with E-state index in [-0.39, 0.29) is 37.1 Å². The van der Waals surface area contributed by atoms with Gasteiger partial charge in [-0.05, 0) is 48.7 Å². The molecule has 0 bridgehead atoms. The highest BCUT2D eigenvalue weighted by molar-refractivity contribution is 6.10. The maximum atomic E-state index is 12.6. The van der Waals surface area contributed by atoms with Gasteiger partial charge in [0.05, 0.1) is 6.42 Å². The lowest BCUT2D eigenvalue weighted by Crippen LogP contribution is -2.43. The van der Waals surface area contributed by atoms with Crippen LogP contribution in [0.1, 0.15) is 48.0 Å². The summed E-state index contributed by atoms with van der Waals surface area (Å²) in [5.74, 6) is -0.790. The number of fused-ring (bicyclic) bond motifs is 1. The number of nitrogens with zero attached hydrogens (tertiary/aromatic N) is 2. The van der Waals surface area contributed by atoms with Gasteiger partial charge in [0.25, 0.3) is 5.91 Å². The van der Waals surface area contributed by atoms with Crippen LogP contribution in [0.2, 0.25) is 0 Å². The molecule has 2 aliphatic rings. The maximum Gasteiger partial charge on any atom is 0.260 e. The number of imide groups is 1. The van der Waals surface area contributed by atoms with Gasteiger partial charge >= 0.3 is 0 Å². The van der Waals surface area contributed by atoms with E-state index < -0.39 is 0 Å². The summed E-state index contributed by atoms with van der Waals surface area (Å²) >= 11 is 0. The minimum atomic E-state index is -0.323. The standard InChI is InChI=1S/C24H27N3O3/c28-22(13-16-27-23(29)17-18-7-3-4-8-21(18)24(27)30)25-19-9-11-20(12-10-19)26-14-5-1-2-6-15-26/h3-4,7-12H,1-2,5-6,13-17H2,(H,25,28). The summed E-state index contributed by atoms with van der Waals surface area (Å²) in [6, 6.07) is 15.0. The van der Waals surface area contributed by atoms with Gasteiger partial charge in [-0.25, -0.2) is 0 Å². The smallest absolute Gasteiger partial charge is 0.260 e. The van der Waals surface area contributed by atoms with Crippen molar-refractivity contribution >= 4 is 29.1 Å². The van der Waals surface area contributed by atoms with Gasteiger partial charge < -0.3 is 10.2 Å². The average molecular weight is 405 g/mol. The molecule has 0 atom stereocenters. The number of carbonyl (C=O) groups is 3. The molecule has 2 aliphatic heterocycles. The molecular weight excluding hydrogens is 378 g/mol. The summed E-state index contributed by atoms with van der Waals surface area (Å²) in [5, 5.41) is 2.87. The first kappa shape index (κ1) is 20.1. The molecule has 2 aromatic carbocycles. The fourth-order valence-corrected chi connectivity index (χ4v) is 4.15. The van der Waals surface area contributed by atoms with Gasteiger partial charge in [0.1, 0.15) is 0 Å². The van der Waals surface area contributed by atoms with Crippen molar-refractivity contribution in [1.29, 1.82) is 0 Å². The number of benzene rings is 2. The highest BCUT2D eigenvalue weighted by Gasteiger charge is 2.30. The zero-order valence-corrected chi connectivity index (χ0v) is 17.1. The quantitative estimate of drug-likeness (QED) is 0.772. The SMILES string of the molecule is O=C(CCN1C(=O)Cc2ccccc2C1=O)Nc1ccc(N2CCCCCC2)cc1. The van der Waals surface area contributed by atoms with Crippen LogP contribution in [0.3, 0.4) is 0 Å². The molecule has 6 nitrogen and oxygen atoms in total. The molecule has 0 aromatic heterocycles. The Morgan fingerprint density at radius 2 is 1.60 bits per heavy atom. The fourth-order valence-electron chi connectivity index (χ4n) is 4.15. The van der Waals surface area contributed by atoms with Crippen LogP contribution in [0.4, 0.5) is 11.4 Å². The second-order valence-electron chi connectivity index (χ2n) is 7.93. The van der Waals surface area contributed by atoms with Gasteiger partial charge in [0.15, 0.2) is 0 Å². The normalized spacial score (nSPS) is 16.8. The van der Waals surface area contributed by atoms with Gasteiger partial charge in [-0.2, -0.15) is 0 Å². The van der Waals surface area contributed by atoms with Crippen molar-refractivity contribution in [3.63, 3.8) is 0 Å². The first-order chi connectivity index (χ1) is 14.6. The molecule has 0 radical (unpaired) electrons. The molecule has 0 unspecified atom stereocenters. The Balaban J connectivity index is 1.32. The number of amides is 3. The second-order valence-corrected chi connectivity index (χ2v) is 7.93. The van der Waals surface area contributed by atoms with Crippen LogP contribution in [0.5, 0.6) is 0 Å². The first-order valence-corrected chi connectivity index (χ1v) is 10.7. The zero-order valence-electron chi connectivity index (χ0n) is 17.1. The Morgan fingerprint density at radius 3 is 2.33 bits per heavy atom. The minimum absolute atomic E-state index is 0.0769. The average Bonchev–Trinajstić information content (AvgIpc) is 3.04. The lowest BCUT2D eigenvalue weighted by Gasteiger charge is -2.26. The highest BCUT2D eigenvalue weighted by atomic mass is 16.2. The van der Waals surface area contributed by atoms with Gasteiger partial charge in [-0.3, -0.25) is 19.3 Å². The van der Waals surface area contributed by atoms with Crippen LogP contribution in [0.15, 0.2) is 48.5 Å². The Hall–Kier alpha value is -3.15. The first-order valence-electron chi connectivity index (χ1n) is 10.7. The second kappa shape index (κ2) is 9.11. The van der Waals surface area contributed by atoms with Crippen LogP contribution in [-0.4, -0.2) is 42.3 Å². The molecule has 0 saturated carbocycles. The van der Waals surface area contributed by atoms with Crippen molar-refractivity contribution in [3.05, 3.63) is 59.7 Å². The van der Waals surface area contributed by atoms with Crippen molar-refractivity contribution in [2.75, 3.05) is 29.9 Å². The van der Waals surface area contributed by atoms with E-state index in [4.69, 9.17) is 0 Å². The van der Waals surface area contributed by atoms with Crippen molar-refractivity contribution in [2.45, 2.75) is 38.5 Å². The largest absolute Gasteiger partial charge is 0.372 e. The summed E-state index contributed by atoms with van der Waals surface area (Å²) in [4.78, 5) is 40.9. The molecule has 2 aromatic rings. The topological polar surface area (TPSA) is 69.7 Å². The lowest BCUT2D eigenvalue weighted by molar-refractivity contribution is -0.128. The third-order valence-electron chi connectivity index (χ3n) is 5.82. The van der Waals surface area contributed by atoms with E-state index in [1.54, 1.807) is 18.2 Å². The van der Waals surface area contributed by atoms with Crippen molar-refractivity contribution < 1.29 is 14.4 Å². The van der Waals surface area contributed by atoms with Crippen LogP contribution in [0, 0.1) is 0 Å². The maximum absolute atomic E-state index is 12.6. The van der Waals surface area contributed by atoms with Crippen LogP contribution < -0.4 is 10.2 Å². The van der Waals surface area contributed by atoms with Gasteiger partial charge in [0, 0.05) is 43.0 Å². The van der Waals surface area contributed by atoms with E-state index >= 15 is 0 Å². The van der Waals surface area contributed by atoms with Gasteiger partial charge in [-0.15, -0.1) is 0 Å². The molecule has 6 heteroatoms. The molecular formula is C24H27N3O3. The summed E-state index contributed by atoms with van der Waals surface area (Å²) in [6.07, 6.45) is 5.29. The lowest BCUT2D eigenvalue weighted by atomic mass is 9.98. The van der Waals surface area contributed by atoms with Gasteiger partial charge in [0.2, 0.25) is 11.8 Å². The highest BCUT2D eigenvalue weighted by Crippen LogP contribution is 2.22. The van der Waals surface area contributed by atoms with Crippen molar-refractivity contribution in [2.24, 2.45) is 0 Å². The number of rotatable bonds is 5. The minimum Gasteiger partial charge on any atom is -0.372 e. The molecule has 1 saturated heterocycles. The number of hydrogen-bond donors (Lipinski definition) is 1. The van der Waals surface area contributed by atoms with E-state index in [1.807, 2.05) is 30.3 Å². The predicted octanol–water partition coefficient (Wildman–Crippen LogP) is 3.62. The van der Waals surface area contributed by atoms with Crippen molar-refractivity contribution in [3.8, 4) is 0 Å². The predicted molar refractivity (Wildman–Crippen MR) is 117 cm³/mol. The van der Waals surface area contributed by atoms with E-state index in [9.17, 15) is 14.4 Å². The van der Waals surface area contributed by atoms with Crippen LogP contribution in [0.25, 0.3) is 0 Å². The Kier molecular flexibility index (Phi) is 6.12. The Labute approximate surface area is 176 Å². The van der Waals surface area contributed by atoms with Gasteiger partial charge in [-0.1, -0.05) is 31.0 Å². The number of carbonyl (C=O) groups excluding carboxylic acids is 3.